The van der Waals surface area contributed by atoms with Gasteiger partial charge in [0.25, 0.3) is 0 Å². The summed E-state index contributed by atoms with van der Waals surface area (Å²) in [4.78, 5) is 11.6. The van der Waals surface area contributed by atoms with E-state index in [2.05, 4.69) is 13.8 Å². The average Bonchev–Trinajstić information content (AvgIpc) is 2.65. The lowest BCUT2D eigenvalue weighted by atomic mass is 9.86. The molecule has 4 nitrogen and oxygen atoms in total. The number of aliphatic hydroxyl groups is 2. The molecule has 0 aromatic heterocycles. The maximum Gasteiger partial charge on any atom is 0.378 e. The van der Waals surface area contributed by atoms with Gasteiger partial charge in [-0.15, -0.1) is 0 Å². The third kappa shape index (κ3) is 2.75. The van der Waals surface area contributed by atoms with Crippen LogP contribution in [-0.4, -0.2) is 16.2 Å². The smallest absolute Gasteiger partial charge is 0.378 e. The van der Waals surface area contributed by atoms with Crippen molar-refractivity contribution in [2.45, 2.75) is 45.6 Å². The molecule has 21 heavy (non-hydrogen) atoms. The number of hydrogen-bond acceptors (Lipinski definition) is 4. The van der Waals surface area contributed by atoms with E-state index in [1.165, 1.54) is 5.56 Å². The highest BCUT2D eigenvalue weighted by Crippen LogP contribution is 2.43. The number of carbonyl (C=O) groups excluding carboxylic acids is 1. The molecule has 0 bridgehead atoms. The van der Waals surface area contributed by atoms with E-state index >= 15 is 0 Å². The summed E-state index contributed by atoms with van der Waals surface area (Å²) >= 11 is 0. The predicted molar refractivity (Wildman–Crippen MR) is 79.9 cm³/mol. The molecule has 1 unspecified atom stereocenters. The fourth-order valence-corrected chi connectivity index (χ4v) is 2.79. The van der Waals surface area contributed by atoms with Crippen LogP contribution in [0.2, 0.25) is 0 Å². The second-order valence-corrected chi connectivity index (χ2v) is 5.96. The van der Waals surface area contributed by atoms with Crippen molar-refractivity contribution in [3.63, 3.8) is 0 Å². The van der Waals surface area contributed by atoms with Crippen LogP contribution in [0.3, 0.4) is 0 Å². The zero-order chi connectivity index (χ0) is 15.6. The van der Waals surface area contributed by atoms with Crippen LogP contribution in [0.4, 0.5) is 0 Å². The average molecular weight is 290 g/mol. The van der Waals surface area contributed by atoms with E-state index in [0.717, 1.165) is 6.42 Å². The van der Waals surface area contributed by atoms with Gasteiger partial charge in [0.1, 0.15) is 0 Å². The lowest BCUT2D eigenvalue weighted by molar-refractivity contribution is -0.151. The van der Waals surface area contributed by atoms with Crippen LogP contribution in [0.15, 0.2) is 35.8 Å². The maximum absolute atomic E-state index is 11.6. The van der Waals surface area contributed by atoms with Gasteiger partial charge in [-0.3, -0.25) is 0 Å². The Morgan fingerprint density at radius 2 is 1.81 bits per heavy atom. The van der Waals surface area contributed by atoms with Gasteiger partial charge in [0.15, 0.2) is 11.4 Å². The Hall–Kier alpha value is -1.97. The van der Waals surface area contributed by atoms with Crippen LogP contribution < -0.4 is 0 Å². The summed E-state index contributed by atoms with van der Waals surface area (Å²) in [7, 11) is 0. The lowest BCUT2D eigenvalue weighted by Gasteiger charge is -2.28. The van der Waals surface area contributed by atoms with Gasteiger partial charge in [0, 0.05) is 5.56 Å². The summed E-state index contributed by atoms with van der Waals surface area (Å²) in [6, 6.07) is 7.66. The summed E-state index contributed by atoms with van der Waals surface area (Å²) in [5.41, 5.74) is 0.635. The molecular weight excluding hydrogens is 268 g/mol. The van der Waals surface area contributed by atoms with E-state index in [1.54, 1.807) is 0 Å². The van der Waals surface area contributed by atoms with Gasteiger partial charge in [0.2, 0.25) is 5.76 Å². The molecule has 114 valence electrons. The number of rotatable bonds is 5. The van der Waals surface area contributed by atoms with E-state index in [-0.39, 0.29) is 5.76 Å². The van der Waals surface area contributed by atoms with Gasteiger partial charge in [0.05, 0.1) is 0 Å². The molecule has 0 saturated carbocycles. The number of aliphatic hydroxyl groups excluding tert-OH is 2. The van der Waals surface area contributed by atoms with Gasteiger partial charge < -0.3 is 14.9 Å². The van der Waals surface area contributed by atoms with Gasteiger partial charge >= 0.3 is 5.97 Å². The number of cyclic esters (lactones) is 1. The Balaban J connectivity index is 2.38. The summed E-state index contributed by atoms with van der Waals surface area (Å²) < 4.78 is 5.31. The van der Waals surface area contributed by atoms with Crippen molar-refractivity contribution < 1.29 is 19.7 Å². The van der Waals surface area contributed by atoms with Gasteiger partial charge in [-0.2, -0.15) is 0 Å². The van der Waals surface area contributed by atoms with Crippen molar-refractivity contribution >= 4 is 5.97 Å². The minimum Gasteiger partial charge on any atom is -0.505 e. The molecule has 1 aromatic carbocycles. The molecule has 0 aliphatic carbocycles. The molecule has 1 atom stereocenters. The maximum atomic E-state index is 11.6. The molecule has 1 heterocycles. The van der Waals surface area contributed by atoms with E-state index < -0.39 is 17.3 Å². The highest BCUT2D eigenvalue weighted by atomic mass is 16.6. The first-order chi connectivity index (χ1) is 9.90. The Bertz CT molecular complexity index is 557. The minimum atomic E-state index is -1.24. The quantitative estimate of drug-likeness (QED) is 0.810. The van der Waals surface area contributed by atoms with E-state index in [1.807, 2.05) is 31.2 Å². The van der Waals surface area contributed by atoms with Crippen LogP contribution >= 0.6 is 0 Å². The third-order valence-corrected chi connectivity index (χ3v) is 3.73. The largest absolute Gasteiger partial charge is 0.505 e. The van der Waals surface area contributed by atoms with E-state index in [0.29, 0.717) is 24.3 Å². The fraction of sp³-hybridized carbons (Fsp3) is 0.471. The molecule has 1 aliphatic heterocycles. The standard InChI is InChI=1S/C17H22O4/c1-4-9-17(15(19)14(18)16(20)21-17)13-7-5-12(6-8-13)10-11(2)3/h5-8,11,18-19H,4,9-10H2,1-3H3. The number of esters is 1. The van der Waals surface area contributed by atoms with Crippen molar-refractivity contribution in [3.8, 4) is 0 Å². The Kier molecular flexibility index (Phi) is 4.26. The zero-order valence-corrected chi connectivity index (χ0v) is 12.7. The molecule has 2 rings (SSSR count). The first kappa shape index (κ1) is 15.4. The predicted octanol–water partition coefficient (Wildman–Crippen LogP) is 3.76. The van der Waals surface area contributed by atoms with Gasteiger partial charge in [-0.1, -0.05) is 51.5 Å². The van der Waals surface area contributed by atoms with Crippen LogP contribution in [0, 0.1) is 5.92 Å². The van der Waals surface area contributed by atoms with Crippen molar-refractivity contribution in [3.05, 3.63) is 46.9 Å². The molecule has 0 saturated heterocycles. The molecule has 0 fully saturated rings. The molecule has 1 aromatic rings. The summed E-state index contributed by atoms with van der Waals surface area (Å²) in [6.07, 6.45) is 2.10. The van der Waals surface area contributed by atoms with Crippen LogP contribution in [0.1, 0.15) is 44.7 Å². The normalized spacial score (nSPS) is 22.0. The first-order valence-electron chi connectivity index (χ1n) is 7.36. The number of ether oxygens (including phenoxy) is 1. The Morgan fingerprint density at radius 1 is 1.19 bits per heavy atom. The number of carbonyl (C=O) groups is 1. The lowest BCUT2D eigenvalue weighted by Crippen LogP contribution is -2.29. The van der Waals surface area contributed by atoms with Crippen molar-refractivity contribution in [1.29, 1.82) is 0 Å². The fourth-order valence-electron chi connectivity index (χ4n) is 2.79. The molecule has 0 radical (unpaired) electrons. The Morgan fingerprint density at radius 3 is 2.24 bits per heavy atom. The van der Waals surface area contributed by atoms with Crippen LogP contribution in [-0.2, 0) is 21.6 Å². The van der Waals surface area contributed by atoms with E-state index in [9.17, 15) is 15.0 Å². The number of hydrogen-bond donors (Lipinski definition) is 2. The first-order valence-corrected chi connectivity index (χ1v) is 7.36. The molecular formula is C17H22O4. The topological polar surface area (TPSA) is 66.8 Å². The van der Waals surface area contributed by atoms with Crippen molar-refractivity contribution in [1.82, 2.24) is 0 Å². The summed E-state index contributed by atoms with van der Waals surface area (Å²) in [5, 5.41) is 19.8. The minimum absolute atomic E-state index is 0.383. The molecule has 0 amide bonds. The molecule has 2 N–H and O–H groups in total. The summed E-state index contributed by atoms with van der Waals surface area (Å²) in [5.74, 6) is -1.38. The third-order valence-electron chi connectivity index (χ3n) is 3.73. The molecule has 1 aliphatic rings. The van der Waals surface area contributed by atoms with Crippen molar-refractivity contribution in [2.24, 2.45) is 5.92 Å². The second kappa shape index (κ2) is 5.80. The van der Waals surface area contributed by atoms with Crippen molar-refractivity contribution in [2.75, 3.05) is 0 Å². The molecule has 4 heteroatoms. The SMILES string of the molecule is CCCC1(c2ccc(CC(C)C)cc2)OC(=O)C(O)=C1O. The summed E-state index contributed by atoms with van der Waals surface area (Å²) in [6.45, 7) is 6.24. The Labute approximate surface area is 125 Å². The zero-order valence-electron chi connectivity index (χ0n) is 12.7. The highest BCUT2D eigenvalue weighted by molar-refractivity contribution is 5.90. The van der Waals surface area contributed by atoms with Crippen LogP contribution in [0.25, 0.3) is 0 Å². The molecule has 0 spiro atoms. The second-order valence-electron chi connectivity index (χ2n) is 5.96. The number of benzene rings is 1. The van der Waals surface area contributed by atoms with Crippen LogP contribution in [0.5, 0.6) is 0 Å². The highest BCUT2D eigenvalue weighted by Gasteiger charge is 2.49. The van der Waals surface area contributed by atoms with Gasteiger partial charge in [-0.05, 0) is 24.3 Å². The monoisotopic (exact) mass is 290 g/mol. The van der Waals surface area contributed by atoms with Gasteiger partial charge in [-0.25, -0.2) is 4.79 Å². The van der Waals surface area contributed by atoms with E-state index in [4.69, 9.17) is 4.74 Å².